The van der Waals surface area contributed by atoms with E-state index in [1.54, 1.807) is 0 Å². The quantitative estimate of drug-likeness (QED) is 0.441. The number of pyridine rings is 1. The topological polar surface area (TPSA) is 104 Å². The Morgan fingerprint density at radius 3 is 2.71 bits per heavy atom. The molecule has 1 aliphatic heterocycles. The Bertz CT molecular complexity index is 1470. The van der Waals surface area contributed by atoms with Gasteiger partial charge in [-0.05, 0) is 37.1 Å². The van der Waals surface area contributed by atoms with Crippen LogP contribution in [-0.4, -0.2) is 20.3 Å². The van der Waals surface area contributed by atoms with Crippen molar-refractivity contribution in [1.82, 2.24) is 14.3 Å². The Morgan fingerprint density at radius 2 is 1.94 bits per heavy atom. The van der Waals surface area contributed by atoms with Crippen LogP contribution < -0.4 is 21.3 Å². The lowest BCUT2D eigenvalue weighted by Crippen LogP contribution is -2.26. The number of fused-ring (bicyclic) bond motifs is 1. The summed E-state index contributed by atoms with van der Waals surface area (Å²) >= 11 is 6.05. The van der Waals surface area contributed by atoms with Gasteiger partial charge in [0, 0.05) is 30.6 Å². The number of amides is 1. The Balaban J connectivity index is 1.42. The van der Waals surface area contributed by atoms with Crippen LogP contribution in [0.2, 0.25) is 5.02 Å². The van der Waals surface area contributed by atoms with Crippen molar-refractivity contribution in [3.8, 4) is 17.2 Å². The molecule has 0 aliphatic carbocycles. The molecular formula is C24H19ClFN5O3. The highest BCUT2D eigenvalue weighted by Crippen LogP contribution is 2.34. The van der Waals surface area contributed by atoms with Gasteiger partial charge in [0.15, 0.2) is 17.3 Å². The van der Waals surface area contributed by atoms with Crippen LogP contribution in [0.3, 0.4) is 0 Å². The van der Waals surface area contributed by atoms with Gasteiger partial charge in [0.1, 0.15) is 16.4 Å². The second-order valence-corrected chi connectivity index (χ2v) is 8.09. The predicted octanol–water partition coefficient (Wildman–Crippen LogP) is 4.40. The Kier molecular flexibility index (Phi) is 5.54. The number of anilines is 2. The molecular weight excluding hydrogens is 461 g/mol. The zero-order valence-electron chi connectivity index (χ0n) is 17.8. The fraction of sp³-hybridized carbons (Fsp3) is 0.125. The van der Waals surface area contributed by atoms with Crippen molar-refractivity contribution in [3.63, 3.8) is 0 Å². The van der Waals surface area contributed by atoms with E-state index < -0.39 is 17.3 Å². The van der Waals surface area contributed by atoms with Gasteiger partial charge in [0.05, 0.1) is 11.4 Å². The van der Waals surface area contributed by atoms with Crippen LogP contribution in [0.15, 0.2) is 65.6 Å². The van der Waals surface area contributed by atoms with Gasteiger partial charge >= 0.3 is 0 Å². The Hall–Kier alpha value is -4.11. The number of rotatable bonds is 5. The van der Waals surface area contributed by atoms with Gasteiger partial charge in [-0.1, -0.05) is 29.8 Å². The van der Waals surface area contributed by atoms with Gasteiger partial charge in [0.2, 0.25) is 0 Å². The van der Waals surface area contributed by atoms with Crippen molar-refractivity contribution in [2.24, 2.45) is 0 Å². The Labute approximate surface area is 198 Å². The number of halogens is 2. The number of carbonyl (C=O) groups is 1. The zero-order chi connectivity index (χ0) is 23.8. The highest BCUT2D eigenvalue weighted by Gasteiger charge is 2.29. The zero-order valence-corrected chi connectivity index (χ0v) is 18.6. The normalized spacial score (nSPS) is 12.4. The number of benzene rings is 2. The van der Waals surface area contributed by atoms with E-state index in [2.05, 4.69) is 10.3 Å². The van der Waals surface area contributed by atoms with Crippen LogP contribution in [0, 0.1) is 5.82 Å². The van der Waals surface area contributed by atoms with Crippen LogP contribution in [0.5, 0.6) is 11.5 Å². The summed E-state index contributed by atoms with van der Waals surface area (Å²) in [7, 11) is 0. The number of nitrogen functional groups attached to an aromatic ring is 1. The number of nitrogens with zero attached hydrogens (tertiary/aromatic N) is 3. The molecule has 0 spiro atoms. The molecule has 1 amide bonds. The molecule has 172 valence electrons. The third-order valence-corrected chi connectivity index (χ3v) is 5.93. The van der Waals surface area contributed by atoms with E-state index >= 15 is 0 Å². The molecule has 0 unspecified atom stereocenters. The molecule has 34 heavy (non-hydrogen) atoms. The molecule has 8 nitrogen and oxygen atoms in total. The largest absolute Gasteiger partial charge is 0.453 e. The van der Waals surface area contributed by atoms with E-state index in [0.717, 1.165) is 12.5 Å². The maximum absolute atomic E-state index is 14.7. The molecule has 0 saturated heterocycles. The first-order chi connectivity index (χ1) is 16.4. The first kappa shape index (κ1) is 21.7. The predicted molar refractivity (Wildman–Crippen MR) is 126 cm³/mol. The van der Waals surface area contributed by atoms with Crippen molar-refractivity contribution in [1.29, 1.82) is 0 Å². The van der Waals surface area contributed by atoms with E-state index in [1.165, 1.54) is 29.1 Å². The van der Waals surface area contributed by atoms with Gasteiger partial charge in [-0.3, -0.25) is 14.3 Å². The SMILES string of the molecule is Nc1nccc(Oc2ccc(NC(=O)c3c4n(n(-c5ccccc5)c3=O)CCC4)cc2F)c1Cl. The van der Waals surface area contributed by atoms with Gasteiger partial charge in [-0.2, -0.15) is 0 Å². The number of aromatic nitrogens is 3. The lowest BCUT2D eigenvalue weighted by Gasteiger charge is -2.11. The summed E-state index contributed by atoms with van der Waals surface area (Å²) < 4.78 is 23.6. The van der Waals surface area contributed by atoms with Crippen LogP contribution >= 0.6 is 11.6 Å². The van der Waals surface area contributed by atoms with Crippen molar-refractivity contribution in [2.45, 2.75) is 19.4 Å². The van der Waals surface area contributed by atoms with E-state index in [-0.39, 0.29) is 33.6 Å². The van der Waals surface area contributed by atoms with Crippen molar-refractivity contribution < 1.29 is 13.9 Å². The number of nitrogens with one attached hydrogen (secondary N) is 1. The molecule has 4 aromatic rings. The Morgan fingerprint density at radius 1 is 1.15 bits per heavy atom. The molecule has 1 aliphatic rings. The first-order valence-corrected chi connectivity index (χ1v) is 10.9. The van der Waals surface area contributed by atoms with E-state index in [0.29, 0.717) is 24.3 Å². The van der Waals surface area contributed by atoms with Crippen molar-refractivity contribution in [3.05, 3.63) is 93.2 Å². The van der Waals surface area contributed by atoms with Gasteiger partial charge < -0.3 is 15.8 Å². The number of hydrogen-bond donors (Lipinski definition) is 2. The minimum absolute atomic E-state index is 0.0566. The molecule has 2 aromatic carbocycles. The summed E-state index contributed by atoms with van der Waals surface area (Å²) in [6, 6.07) is 14.5. The molecule has 0 bridgehead atoms. The fourth-order valence-corrected chi connectivity index (χ4v) is 4.17. The monoisotopic (exact) mass is 479 g/mol. The van der Waals surface area contributed by atoms with E-state index in [1.807, 2.05) is 35.0 Å². The summed E-state index contributed by atoms with van der Waals surface area (Å²) in [6.45, 7) is 0.634. The smallest absolute Gasteiger partial charge is 0.284 e. The number of carbonyl (C=O) groups excluding carboxylic acids is 1. The number of nitrogens with two attached hydrogens (primary N) is 1. The molecule has 2 aromatic heterocycles. The lowest BCUT2D eigenvalue weighted by atomic mass is 10.1. The van der Waals surface area contributed by atoms with Gasteiger partial charge in [0.25, 0.3) is 11.5 Å². The summed E-state index contributed by atoms with van der Waals surface area (Å²) in [5, 5.41) is 2.69. The summed E-state index contributed by atoms with van der Waals surface area (Å²) in [6.07, 6.45) is 2.82. The van der Waals surface area contributed by atoms with Gasteiger partial charge in [-0.15, -0.1) is 0 Å². The van der Waals surface area contributed by atoms with Crippen molar-refractivity contribution >= 4 is 29.0 Å². The van der Waals surface area contributed by atoms with E-state index in [4.69, 9.17) is 22.1 Å². The second kappa shape index (κ2) is 8.68. The standard InChI is InChI=1S/C24H19ClFN5O3/c25-21-19(10-11-28-22(21)27)34-18-9-8-14(13-16(18)26)29-23(32)20-17-7-4-12-30(17)31(24(20)33)15-5-2-1-3-6-15/h1-3,5-6,8-11,13H,4,7,12H2,(H2,27,28)(H,29,32). The number of para-hydroxylation sites is 1. The van der Waals surface area contributed by atoms with Crippen LogP contribution in [0.25, 0.3) is 5.69 Å². The first-order valence-electron chi connectivity index (χ1n) is 10.5. The van der Waals surface area contributed by atoms with Crippen LogP contribution in [0.4, 0.5) is 15.9 Å². The highest BCUT2D eigenvalue weighted by atomic mass is 35.5. The molecule has 3 N–H and O–H groups in total. The third-order valence-electron chi connectivity index (χ3n) is 5.55. The molecule has 0 fully saturated rings. The average Bonchev–Trinajstić information content (AvgIpc) is 3.38. The highest BCUT2D eigenvalue weighted by molar-refractivity contribution is 6.34. The van der Waals surface area contributed by atoms with Crippen LogP contribution in [-0.2, 0) is 13.0 Å². The minimum Gasteiger partial charge on any atom is -0.453 e. The van der Waals surface area contributed by atoms with Gasteiger partial charge in [-0.25, -0.2) is 14.1 Å². The number of hydrogen-bond acceptors (Lipinski definition) is 5. The lowest BCUT2D eigenvalue weighted by molar-refractivity contribution is 0.102. The maximum Gasteiger partial charge on any atom is 0.284 e. The molecule has 0 atom stereocenters. The molecule has 3 heterocycles. The van der Waals surface area contributed by atoms with Crippen LogP contribution in [0.1, 0.15) is 22.5 Å². The molecule has 5 rings (SSSR count). The summed E-state index contributed by atoms with van der Waals surface area (Å²) in [4.78, 5) is 30.1. The average molecular weight is 480 g/mol. The minimum atomic E-state index is -0.729. The molecule has 0 radical (unpaired) electrons. The molecule has 0 saturated carbocycles. The fourth-order valence-electron chi connectivity index (χ4n) is 4.02. The van der Waals surface area contributed by atoms with E-state index in [9.17, 15) is 14.0 Å². The maximum atomic E-state index is 14.7. The summed E-state index contributed by atoms with van der Waals surface area (Å²) in [5.41, 5.74) is 6.81. The summed E-state index contributed by atoms with van der Waals surface area (Å²) in [5.74, 6) is -1.22. The second-order valence-electron chi connectivity index (χ2n) is 7.71. The molecule has 10 heteroatoms. The number of ether oxygens (including phenoxy) is 1. The third kappa shape index (κ3) is 3.80. The van der Waals surface area contributed by atoms with Crippen molar-refractivity contribution in [2.75, 3.05) is 11.1 Å².